The normalized spacial score (nSPS) is 10.9. The number of thiophene rings is 1. The maximum atomic E-state index is 12.0. The molecule has 0 aromatic carbocycles. The lowest BCUT2D eigenvalue weighted by Gasteiger charge is -2.21. The summed E-state index contributed by atoms with van der Waals surface area (Å²) in [6, 6.07) is 4.09. The van der Waals surface area contributed by atoms with Gasteiger partial charge in [-0.15, -0.1) is 11.3 Å². The van der Waals surface area contributed by atoms with Gasteiger partial charge in [0.2, 0.25) is 5.91 Å². The molecule has 0 radical (unpaired) electrons. The van der Waals surface area contributed by atoms with Crippen molar-refractivity contribution in [3.05, 3.63) is 20.8 Å². The summed E-state index contributed by atoms with van der Waals surface area (Å²) < 4.78 is 0.998. The molecule has 1 aromatic rings. The van der Waals surface area contributed by atoms with Crippen molar-refractivity contribution in [3.63, 3.8) is 0 Å². The highest BCUT2D eigenvalue weighted by atomic mass is 79.9. The highest BCUT2D eigenvalue weighted by molar-refractivity contribution is 9.10. The van der Waals surface area contributed by atoms with Crippen molar-refractivity contribution in [2.24, 2.45) is 5.41 Å². The number of halogens is 1. The van der Waals surface area contributed by atoms with E-state index in [4.69, 9.17) is 5.26 Å². The number of nitriles is 1. The van der Waals surface area contributed by atoms with Crippen LogP contribution in [0.5, 0.6) is 0 Å². The fourth-order valence-electron chi connectivity index (χ4n) is 1.56. The average molecular weight is 315 g/mol. The van der Waals surface area contributed by atoms with E-state index in [1.807, 2.05) is 25.3 Å². The molecule has 1 amide bonds. The molecule has 0 aliphatic rings. The van der Waals surface area contributed by atoms with E-state index >= 15 is 0 Å². The summed E-state index contributed by atoms with van der Waals surface area (Å²) in [7, 11) is 0. The molecule has 92 valence electrons. The first-order valence-corrected chi connectivity index (χ1v) is 7.18. The van der Waals surface area contributed by atoms with Crippen molar-refractivity contribution in [3.8, 4) is 6.07 Å². The second kappa shape index (κ2) is 6.18. The summed E-state index contributed by atoms with van der Waals surface area (Å²) in [5.74, 6) is -0.176. The van der Waals surface area contributed by atoms with Crippen LogP contribution in [0, 0.1) is 16.7 Å². The Balaban J connectivity index is 2.67. The summed E-state index contributed by atoms with van der Waals surface area (Å²) in [5, 5.41) is 13.9. The van der Waals surface area contributed by atoms with E-state index in [1.165, 1.54) is 0 Å². The molecule has 0 bridgehead atoms. The van der Waals surface area contributed by atoms with Gasteiger partial charge in [-0.2, -0.15) is 5.26 Å². The van der Waals surface area contributed by atoms with Gasteiger partial charge in [-0.3, -0.25) is 4.79 Å². The molecule has 17 heavy (non-hydrogen) atoms. The first-order chi connectivity index (χ1) is 8.09. The van der Waals surface area contributed by atoms with Crippen LogP contribution in [0.15, 0.2) is 15.9 Å². The topological polar surface area (TPSA) is 52.9 Å². The fourth-order valence-corrected chi connectivity index (χ4v) is 2.99. The molecular weight excluding hydrogens is 300 g/mol. The Morgan fingerprint density at radius 3 is 2.65 bits per heavy atom. The van der Waals surface area contributed by atoms with Gasteiger partial charge < -0.3 is 5.32 Å². The Morgan fingerprint density at radius 2 is 2.24 bits per heavy atom. The number of nitrogens with zero attached hydrogens (tertiary/aromatic N) is 1. The third-order valence-electron chi connectivity index (χ3n) is 2.96. The molecule has 0 spiro atoms. The Labute approximate surface area is 114 Å². The Kier molecular flexibility index (Phi) is 5.16. The number of amides is 1. The minimum Gasteiger partial charge on any atom is -0.350 e. The van der Waals surface area contributed by atoms with Crippen LogP contribution in [0.3, 0.4) is 0 Å². The van der Waals surface area contributed by atoms with Crippen LogP contribution < -0.4 is 5.32 Å². The molecule has 0 atom stereocenters. The summed E-state index contributed by atoms with van der Waals surface area (Å²) >= 11 is 4.99. The number of hydrogen-bond donors (Lipinski definition) is 1. The van der Waals surface area contributed by atoms with Gasteiger partial charge in [0.05, 0.1) is 12.6 Å². The van der Waals surface area contributed by atoms with Gasteiger partial charge in [0, 0.05) is 9.35 Å². The summed E-state index contributed by atoms with van der Waals surface area (Å²) in [6.45, 7) is 4.21. The monoisotopic (exact) mass is 314 g/mol. The third kappa shape index (κ3) is 3.08. The zero-order chi connectivity index (χ0) is 12.9. The van der Waals surface area contributed by atoms with E-state index in [0.717, 1.165) is 9.35 Å². The highest BCUT2D eigenvalue weighted by Crippen LogP contribution is 2.27. The lowest BCUT2D eigenvalue weighted by molar-refractivity contribution is -0.128. The summed E-state index contributed by atoms with van der Waals surface area (Å²) in [6.07, 6.45) is 1.08. The van der Waals surface area contributed by atoms with Crippen molar-refractivity contribution in [1.29, 1.82) is 5.26 Å². The van der Waals surface area contributed by atoms with E-state index < -0.39 is 5.41 Å². The van der Waals surface area contributed by atoms with E-state index in [9.17, 15) is 4.79 Å². The Hall–Kier alpha value is -0.860. The van der Waals surface area contributed by atoms with Gasteiger partial charge in [0.25, 0.3) is 0 Å². The van der Waals surface area contributed by atoms with Crippen LogP contribution >= 0.6 is 27.3 Å². The molecule has 1 heterocycles. The van der Waals surface area contributed by atoms with E-state index in [0.29, 0.717) is 19.4 Å². The van der Waals surface area contributed by atoms with Gasteiger partial charge in [-0.05, 0) is 40.2 Å². The lowest BCUT2D eigenvalue weighted by Crippen LogP contribution is -2.38. The number of rotatable bonds is 5. The molecule has 5 heteroatoms. The fraction of sp³-hybridized carbons (Fsp3) is 0.500. The van der Waals surface area contributed by atoms with Crippen LogP contribution in [-0.2, 0) is 11.3 Å². The predicted molar refractivity (Wildman–Crippen MR) is 72.5 cm³/mol. The Morgan fingerprint density at radius 1 is 1.59 bits per heavy atom. The molecule has 3 nitrogen and oxygen atoms in total. The van der Waals surface area contributed by atoms with Gasteiger partial charge in [-0.1, -0.05) is 13.8 Å². The third-order valence-corrected chi connectivity index (χ3v) is 4.88. The van der Waals surface area contributed by atoms with Crippen LogP contribution in [0.25, 0.3) is 0 Å². The van der Waals surface area contributed by atoms with Gasteiger partial charge >= 0.3 is 0 Å². The number of hydrogen-bond acceptors (Lipinski definition) is 3. The number of carbonyl (C=O) groups excluding carboxylic acids is 1. The standard InChI is InChI=1S/C12H15BrN2OS/c1-3-12(4-2,8-14)11(16)15-7-10-9(13)5-6-17-10/h5-6H,3-4,7H2,1-2H3,(H,15,16). The van der Waals surface area contributed by atoms with Gasteiger partial charge in [-0.25, -0.2) is 0 Å². The molecule has 0 fully saturated rings. The number of nitrogens with one attached hydrogen (secondary N) is 1. The van der Waals surface area contributed by atoms with E-state index in [1.54, 1.807) is 11.3 Å². The average Bonchev–Trinajstić information content (AvgIpc) is 2.75. The first kappa shape index (κ1) is 14.2. The van der Waals surface area contributed by atoms with Crippen molar-refractivity contribution < 1.29 is 4.79 Å². The van der Waals surface area contributed by atoms with Gasteiger partial charge in [0.15, 0.2) is 0 Å². The SMILES string of the molecule is CCC(C#N)(CC)C(=O)NCc1sccc1Br. The molecule has 1 N–H and O–H groups in total. The van der Waals surface area contributed by atoms with Crippen LogP contribution in [-0.4, -0.2) is 5.91 Å². The van der Waals surface area contributed by atoms with Crippen LogP contribution in [0.4, 0.5) is 0 Å². The quantitative estimate of drug-likeness (QED) is 0.905. The van der Waals surface area contributed by atoms with E-state index in [2.05, 4.69) is 27.3 Å². The molecular formula is C12H15BrN2OS. The largest absolute Gasteiger partial charge is 0.350 e. The van der Waals surface area contributed by atoms with Crippen LogP contribution in [0.2, 0.25) is 0 Å². The summed E-state index contributed by atoms with van der Waals surface area (Å²) in [4.78, 5) is 13.1. The molecule has 0 aliphatic carbocycles. The minimum absolute atomic E-state index is 0.176. The highest BCUT2D eigenvalue weighted by Gasteiger charge is 2.34. The number of carbonyl (C=O) groups is 1. The van der Waals surface area contributed by atoms with Crippen molar-refractivity contribution in [2.75, 3.05) is 0 Å². The maximum Gasteiger partial charge on any atom is 0.240 e. The second-order valence-electron chi connectivity index (χ2n) is 3.78. The smallest absolute Gasteiger partial charge is 0.240 e. The molecule has 0 saturated carbocycles. The minimum atomic E-state index is -0.885. The zero-order valence-electron chi connectivity index (χ0n) is 9.92. The second-order valence-corrected chi connectivity index (χ2v) is 5.63. The molecule has 0 aliphatic heterocycles. The zero-order valence-corrected chi connectivity index (χ0v) is 12.3. The maximum absolute atomic E-state index is 12.0. The molecule has 0 saturated heterocycles. The molecule has 1 aromatic heterocycles. The van der Waals surface area contributed by atoms with E-state index in [-0.39, 0.29) is 5.91 Å². The van der Waals surface area contributed by atoms with Crippen LogP contribution in [0.1, 0.15) is 31.6 Å². The Bertz CT molecular complexity index is 432. The molecule has 0 unspecified atom stereocenters. The first-order valence-electron chi connectivity index (χ1n) is 5.51. The molecule has 1 rings (SSSR count). The van der Waals surface area contributed by atoms with Crippen molar-refractivity contribution in [1.82, 2.24) is 5.32 Å². The van der Waals surface area contributed by atoms with Gasteiger partial charge in [0.1, 0.15) is 5.41 Å². The van der Waals surface area contributed by atoms with Crippen molar-refractivity contribution in [2.45, 2.75) is 33.2 Å². The lowest BCUT2D eigenvalue weighted by atomic mass is 9.83. The predicted octanol–water partition coefficient (Wildman–Crippen LogP) is 3.46. The summed E-state index contributed by atoms with van der Waals surface area (Å²) in [5.41, 5.74) is -0.885. The van der Waals surface area contributed by atoms with Crippen molar-refractivity contribution >= 4 is 33.2 Å².